The van der Waals surface area contributed by atoms with Gasteiger partial charge in [-0.05, 0) is 12.8 Å². The highest BCUT2D eigenvalue weighted by molar-refractivity contribution is 6.03. The summed E-state index contributed by atoms with van der Waals surface area (Å²) in [5, 5.41) is 2.98. The second kappa shape index (κ2) is 2.04. The minimum atomic E-state index is -0.0947. The van der Waals surface area contributed by atoms with E-state index in [-0.39, 0.29) is 23.9 Å². The number of nitrogens with zero attached hydrogens (tertiary/aromatic N) is 1. The number of piperazine rings is 1. The van der Waals surface area contributed by atoms with E-state index in [0.717, 1.165) is 12.8 Å². The third kappa shape index (κ3) is 0.790. The molecule has 0 aromatic rings. The standard InChI is InChI=1S/C7H10N2O2/c1-9-6(10)4-2-3-5(8-4)7(9)11/h4-5,8H,2-3H2,1H3/t4-,5+. The highest BCUT2D eigenvalue weighted by atomic mass is 16.2. The Balaban J connectivity index is 2.30. The number of carbonyl (C=O) groups excluding carboxylic acids is 2. The fourth-order valence-corrected chi connectivity index (χ4v) is 1.71. The first-order valence-electron chi connectivity index (χ1n) is 3.77. The summed E-state index contributed by atoms with van der Waals surface area (Å²) in [6.45, 7) is 0. The number of fused-ring (bicyclic) bond motifs is 2. The predicted octanol–water partition coefficient (Wildman–Crippen LogP) is -0.894. The molecule has 4 heteroatoms. The Bertz CT molecular complexity index is 204. The Morgan fingerprint density at radius 1 is 1.27 bits per heavy atom. The third-order valence-corrected chi connectivity index (χ3v) is 2.40. The molecule has 0 spiro atoms. The lowest BCUT2D eigenvalue weighted by Crippen LogP contribution is -2.57. The van der Waals surface area contributed by atoms with Gasteiger partial charge in [-0.25, -0.2) is 0 Å². The van der Waals surface area contributed by atoms with Gasteiger partial charge < -0.3 is 0 Å². The van der Waals surface area contributed by atoms with E-state index in [2.05, 4.69) is 5.32 Å². The third-order valence-electron chi connectivity index (χ3n) is 2.40. The number of likely N-dealkylation sites (tertiary alicyclic amines) is 1. The van der Waals surface area contributed by atoms with Crippen LogP contribution < -0.4 is 5.32 Å². The highest BCUT2D eigenvalue weighted by Gasteiger charge is 2.42. The summed E-state index contributed by atoms with van der Waals surface area (Å²) >= 11 is 0. The molecule has 2 atom stereocenters. The van der Waals surface area contributed by atoms with Crippen LogP contribution in [-0.2, 0) is 9.59 Å². The summed E-state index contributed by atoms with van der Waals surface area (Å²) in [5.74, 6) is -0.160. The average Bonchev–Trinajstić information content (AvgIpc) is 2.44. The average molecular weight is 154 g/mol. The molecule has 0 aromatic carbocycles. The van der Waals surface area contributed by atoms with E-state index >= 15 is 0 Å². The van der Waals surface area contributed by atoms with Crippen LogP contribution in [0.3, 0.4) is 0 Å². The molecule has 0 aliphatic carbocycles. The van der Waals surface area contributed by atoms with Gasteiger partial charge in [-0.2, -0.15) is 0 Å². The number of hydrogen-bond donors (Lipinski definition) is 1. The number of rotatable bonds is 0. The van der Waals surface area contributed by atoms with E-state index in [1.807, 2.05) is 0 Å². The number of nitrogens with one attached hydrogen (secondary N) is 1. The van der Waals surface area contributed by atoms with Gasteiger partial charge in [0, 0.05) is 7.05 Å². The Labute approximate surface area is 64.5 Å². The molecule has 1 N–H and O–H groups in total. The zero-order valence-electron chi connectivity index (χ0n) is 6.33. The van der Waals surface area contributed by atoms with E-state index in [1.165, 1.54) is 4.90 Å². The minimum absolute atomic E-state index is 0.0799. The van der Waals surface area contributed by atoms with Crippen molar-refractivity contribution >= 4 is 11.8 Å². The van der Waals surface area contributed by atoms with E-state index in [4.69, 9.17) is 0 Å². The number of carbonyl (C=O) groups is 2. The van der Waals surface area contributed by atoms with Gasteiger partial charge in [-0.1, -0.05) is 0 Å². The molecule has 2 aliphatic rings. The van der Waals surface area contributed by atoms with Crippen LogP contribution in [0.2, 0.25) is 0 Å². The lowest BCUT2D eigenvalue weighted by molar-refractivity contribution is -0.148. The van der Waals surface area contributed by atoms with Crippen molar-refractivity contribution in [2.24, 2.45) is 0 Å². The van der Waals surface area contributed by atoms with Crippen molar-refractivity contribution in [3.05, 3.63) is 0 Å². The normalized spacial score (nSPS) is 36.6. The molecule has 11 heavy (non-hydrogen) atoms. The Kier molecular flexibility index (Phi) is 1.26. The number of likely N-dealkylation sites (N-methyl/N-ethyl adjacent to an activating group) is 1. The minimum Gasteiger partial charge on any atom is -0.295 e. The predicted molar refractivity (Wildman–Crippen MR) is 37.7 cm³/mol. The van der Waals surface area contributed by atoms with Crippen LogP contribution in [0.15, 0.2) is 0 Å². The van der Waals surface area contributed by atoms with Crippen molar-refractivity contribution in [2.45, 2.75) is 24.9 Å². The molecule has 2 heterocycles. The number of hydrogen-bond acceptors (Lipinski definition) is 3. The quantitative estimate of drug-likeness (QED) is 0.460. The van der Waals surface area contributed by atoms with Crippen LogP contribution in [0.5, 0.6) is 0 Å². The van der Waals surface area contributed by atoms with Gasteiger partial charge in [0.2, 0.25) is 11.8 Å². The fraction of sp³-hybridized carbons (Fsp3) is 0.714. The van der Waals surface area contributed by atoms with E-state index in [9.17, 15) is 9.59 Å². The van der Waals surface area contributed by atoms with E-state index in [1.54, 1.807) is 7.05 Å². The molecule has 2 aliphatic heterocycles. The van der Waals surface area contributed by atoms with Gasteiger partial charge >= 0.3 is 0 Å². The van der Waals surface area contributed by atoms with Crippen molar-refractivity contribution in [1.82, 2.24) is 10.2 Å². The van der Waals surface area contributed by atoms with Crippen LogP contribution in [-0.4, -0.2) is 35.8 Å². The molecule has 0 radical (unpaired) electrons. The van der Waals surface area contributed by atoms with Gasteiger partial charge in [0.15, 0.2) is 0 Å². The largest absolute Gasteiger partial charge is 0.295 e. The van der Waals surface area contributed by atoms with Gasteiger partial charge in [0.1, 0.15) is 0 Å². The summed E-state index contributed by atoms with van der Waals surface area (Å²) in [6, 6.07) is -0.189. The van der Waals surface area contributed by atoms with Crippen molar-refractivity contribution < 1.29 is 9.59 Å². The summed E-state index contributed by atoms with van der Waals surface area (Å²) in [5.41, 5.74) is 0. The summed E-state index contributed by atoms with van der Waals surface area (Å²) in [6.07, 6.45) is 1.61. The van der Waals surface area contributed by atoms with Crippen molar-refractivity contribution in [1.29, 1.82) is 0 Å². The van der Waals surface area contributed by atoms with Gasteiger partial charge in [-0.3, -0.25) is 19.8 Å². The van der Waals surface area contributed by atoms with Crippen LogP contribution in [0, 0.1) is 0 Å². The molecule has 60 valence electrons. The van der Waals surface area contributed by atoms with Gasteiger partial charge in [-0.15, -0.1) is 0 Å². The first-order chi connectivity index (χ1) is 5.20. The molecular formula is C7H10N2O2. The zero-order valence-corrected chi connectivity index (χ0v) is 6.33. The van der Waals surface area contributed by atoms with Crippen LogP contribution >= 0.6 is 0 Å². The second-order valence-electron chi connectivity index (χ2n) is 3.08. The molecule has 4 nitrogen and oxygen atoms in total. The summed E-state index contributed by atoms with van der Waals surface area (Å²) in [7, 11) is 1.55. The first kappa shape index (κ1) is 6.79. The number of imide groups is 1. The molecule has 2 fully saturated rings. The topological polar surface area (TPSA) is 49.4 Å². The molecule has 2 rings (SSSR count). The molecule has 2 saturated heterocycles. The Morgan fingerprint density at radius 3 is 2.18 bits per heavy atom. The molecule has 2 bridgehead atoms. The maximum atomic E-state index is 11.2. The lowest BCUT2D eigenvalue weighted by Gasteiger charge is -2.27. The molecular weight excluding hydrogens is 144 g/mol. The monoisotopic (exact) mass is 154 g/mol. The van der Waals surface area contributed by atoms with Crippen LogP contribution in [0.4, 0.5) is 0 Å². The summed E-state index contributed by atoms with van der Waals surface area (Å²) in [4.78, 5) is 23.7. The fourth-order valence-electron chi connectivity index (χ4n) is 1.71. The number of amides is 2. The molecule has 0 aromatic heterocycles. The van der Waals surface area contributed by atoms with Gasteiger partial charge in [0.05, 0.1) is 12.1 Å². The summed E-state index contributed by atoms with van der Waals surface area (Å²) < 4.78 is 0. The van der Waals surface area contributed by atoms with E-state index < -0.39 is 0 Å². The molecule has 0 unspecified atom stereocenters. The molecule has 0 saturated carbocycles. The van der Waals surface area contributed by atoms with Crippen molar-refractivity contribution in [3.63, 3.8) is 0 Å². The van der Waals surface area contributed by atoms with Crippen LogP contribution in [0.25, 0.3) is 0 Å². The van der Waals surface area contributed by atoms with E-state index in [0.29, 0.717) is 0 Å². The zero-order chi connectivity index (χ0) is 8.01. The lowest BCUT2D eigenvalue weighted by atomic mass is 10.2. The van der Waals surface area contributed by atoms with Gasteiger partial charge in [0.25, 0.3) is 0 Å². The smallest absolute Gasteiger partial charge is 0.246 e. The Morgan fingerprint density at radius 2 is 1.73 bits per heavy atom. The molecule has 2 amide bonds. The second-order valence-corrected chi connectivity index (χ2v) is 3.08. The van der Waals surface area contributed by atoms with Crippen molar-refractivity contribution in [2.75, 3.05) is 7.05 Å². The van der Waals surface area contributed by atoms with Crippen molar-refractivity contribution in [3.8, 4) is 0 Å². The highest BCUT2D eigenvalue weighted by Crippen LogP contribution is 2.20. The SMILES string of the molecule is CN1C(=O)[C@@H]2CC[C@@H](N2)C1=O. The maximum absolute atomic E-state index is 11.2. The first-order valence-corrected chi connectivity index (χ1v) is 3.77. The van der Waals surface area contributed by atoms with Crippen LogP contribution in [0.1, 0.15) is 12.8 Å². The maximum Gasteiger partial charge on any atom is 0.246 e. The Hall–Kier alpha value is -0.900.